The highest BCUT2D eigenvalue weighted by Crippen LogP contribution is 2.60. The first kappa shape index (κ1) is 15.7. The quantitative estimate of drug-likeness (QED) is 0.745. The third kappa shape index (κ3) is 2.94. The molecule has 4 bridgehead atoms. The zero-order valence-electron chi connectivity index (χ0n) is 14.0. The van der Waals surface area contributed by atoms with E-state index in [9.17, 15) is 9.59 Å². The number of aromatic nitrogens is 1. The molecule has 4 aliphatic rings. The minimum atomic E-state index is -0.547. The first-order valence-corrected chi connectivity index (χ1v) is 8.77. The summed E-state index contributed by atoms with van der Waals surface area (Å²) in [5.74, 6) is 2.52. The molecule has 1 aromatic heterocycles. The van der Waals surface area contributed by atoms with Gasteiger partial charge in [0.1, 0.15) is 5.76 Å². The van der Waals surface area contributed by atoms with Crippen LogP contribution in [0.5, 0.6) is 5.88 Å². The second-order valence-corrected chi connectivity index (χ2v) is 7.85. The van der Waals surface area contributed by atoms with Gasteiger partial charge in [-0.25, -0.2) is 4.79 Å². The average Bonchev–Trinajstić information content (AvgIpc) is 2.95. The van der Waals surface area contributed by atoms with Crippen LogP contribution in [0.3, 0.4) is 0 Å². The van der Waals surface area contributed by atoms with Gasteiger partial charge in [0.2, 0.25) is 0 Å². The van der Waals surface area contributed by atoms with Crippen molar-refractivity contribution in [1.82, 2.24) is 5.16 Å². The fourth-order valence-electron chi connectivity index (χ4n) is 5.34. The van der Waals surface area contributed by atoms with E-state index < -0.39 is 5.97 Å². The summed E-state index contributed by atoms with van der Waals surface area (Å²) >= 11 is 0. The highest BCUT2D eigenvalue weighted by molar-refractivity contribution is 5.88. The average molecular weight is 333 g/mol. The summed E-state index contributed by atoms with van der Waals surface area (Å²) in [7, 11) is 0. The maximum atomic E-state index is 12.7. The van der Waals surface area contributed by atoms with Gasteiger partial charge in [0.15, 0.2) is 19.0 Å². The lowest BCUT2D eigenvalue weighted by Crippen LogP contribution is -2.51. The molecule has 4 aliphatic carbocycles. The van der Waals surface area contributed by atoms with Gasteiger partial charge in [0, 0.05) is 11.5 Å². The number of rotatable bonds is 6. The van der Waals surface area contributed by atoms with Crippen LogP contribution >= 0.6 is 0 Å². The highest BCUT2D eigenvalue weighted by Gasteiger charge is 2.54. The number of nitrogens with zero attached hydrogens (tertiary/aromatic N) is 1. The Hall–Kier alpha value is -1.85. The summed E-state index contributed by atoms with van der Waals surface area (Å²) < 4.78 is 15.2. The van der Waals surface area contributed by atoms with Gasteiger partial charge in [-0.3, -0.25) is 4.79 Å². The first-order valence-electron chi connectivity index (χ1n) is 8.77. The fourth-order valence-corrected chi connectivity index (χ4v) is 5.34. The molecule has 0 aromatic carbocycles. The van der Waals surface area contributed by atoms with Crippen LogP contribution in [0.1, 0.15) is 44.3 Å². The predicted molar refractivity (Wildman–Crippen MR) is 83.3 cm³/mol. The lowest BCUT2D eigenvalue weighted by Gasteiger charge is -2.55. The zero-order valence-corrected chi connectivity index (χ0v) is 14.0. The number of hydrogen-bond acceptors (Lipinski definition) is 6. The standard InChI is InChI=1S/C18H23NO5/c1-11-2-16(19-24-11)22-10-17(21)23-9-15(20)18-6-12-3-13(7-18)5-14(4-12)8-18/h2,12-14H,3-10H2,1H3. The van der Waals surface area contributed by atoms with Crippen LogP contribution in [0.2, 0.25) is 0 Å². The molecule has 4 fully saturated rings. The monoisotopic (exact) mass is 333 g/mol. The van der Waals surface area contributed by atoms with E-state index in [4.69, 9.17) is 14.0 Å². The molecule has 0 spiro atoms. The summed E-state index contributed by atoms with van der Waals surface area (Å²) in [5.41, 5.74) is -0.223. The van der Waals surface area contributed by atoms with Crippen LogP contribution < -0.4 is 4.74 Å². The van der Waals surface area contributed by atoms with E-state index in [1.165, 1.54) is 19.3 Å². The first-order chi connectivity index (χ1) is 11.5. The molecule has 1 aromatic rings. The van der Waals surface area contributed by atoms with E-state index in [1.807, 2.05) is 0 Å². The second-order valence-electron chi connectivity index (χ2n) is 7.85. The molecule has 0 N–H and O–H groups in total. The molecular weight excluding hydrogens is 310 g/mol. The lowest BCUT2D eigenvalue weighted by molar-refractivity contribution is -0.158. The van der Waals surface area contributed by atoms with Crippen LogP contribution in [0.25, 0.3) is 0 Å². The third-order valence-electron chi connectivity index (χ3n) is 5.94. The Labute approximate surface area is 140 Å². The van der Waals surface area contributed by atoms with E-state index in [1.54, 1.807) is 13.0 Å². The van der Waals surface area contributed by atoms with Crippen molar-refractivity contribution in [1.29, 1.82) is 0 Å². The molecule has 0 saturated heterocycles. The van der Waals surface area contributed by atoms with Crippen LogP contribution in [-0.4, -0.2) is 30.1 Å². The van der Waals surface area contributed by atoms with Gasteiger partial charge in [0.05, 0.1) is 0 Å². The SMILES string of the molecule is Cc1cc(OCC(=O)OCC(=O)C23CC4CC(CC(C4)C2)C3)no1. The van der Waals surface area contributed by atoms with Crippen molar-refractivity contribution in [3.8, 4) is 5.88 Å². The molecular formula is C18H23NO5. The van der Waals surface area contributed by atoms with Gasteiger partial charge in [-0.15, -0.1) is 0 Å². The summed E-state index contributed by atoms with van der Waals surface area (Å²) in [6, 6.07) is 1.59. The van der Waals surface area contributed by atoms with Gasteiger partial charge in [-0.2, -0.15) is 0 Å². The van der Waals surface area contributed by atoms with Crippen LogP contribution in [0, 0.1) is 30.1 Å². The van der Waals surface area contributed by atoms with Crippen molar-refractivity contribution >= 4 is 11.8 Å². The van der Waals surface area contributed by atoms with E-state index in [0.717, 1.165) is 19.3 Å². The number of hydrogen-bond donors (Lipinski definition) is 0. The molecule has 6 nitrogen and oxygen atoms in total. The molecule has 1 heterocycles. The Morgan fingerprint density at radius 3 is 2.33 bits per heavy atom. The van der Waals surface area contributed by atoms with Crippen molar-refractivity contribution in [2.24, 2.45) is 23.2 Å². The third-order valence-corrected chi connectivity index (χ3v) is 5.94. The summed E-state index contributed by atoms with van der Waals surface area (Å²) in [6.07, 6.45) is 6.84. The van der Waals surface area contributed by atoms with Gasteiger partial charge in [-0.1, -0.05) is 0 Å². The Balaban J connectivity index is 1.28. The van der Waals surface area contributed by atoms with Gasteiger partial charge in [0.25, 0.3) is 5.88 Å². The number of ketones is 1. The van der Waals surface area contributed by atoms with E-state index >= 15 is 0 Å². The number of carbonyl (C=O) groups excluding carboxylic acids is 2. The summed E-state index contributed by atoms with van der Waals surface area (Å²) in [4.78, 5) is 24.5. The van der Waals surface area contributed by atoms with Crippen molar-refractivity contribution in [3.05, 3.63) is 11.8 Å². The Morgan fingerprint density at radius 1 is 1.17 bits per heavy atom. The minimum absolute atomic E-state index is 0.104. The van der Waals surface area contributed by atoms with E-state index in [0.29, 0.717) is 23.5 Å². The van der Waals surface area contributed by atoms with Crippen molar-refractivity contribution < 1.29 is 23.6 Å². The smallest absolute Gasteiger partial charge is 0.344 e. The van der Waals surface area contributed by atoms with Crippen LogP contribution in [0.4, 0.5) is 0 Å². The highest BCUT2D eigenvalue weighted by atomic mass is 16.6. The number of carbonyl (C=O) groups is 2. The van der Waals surface area contributed by atoms with Gasteiger partial charge < -0.3 is 14.0 Å². The lowest BCUT2D eigenvalue weighted by atomic mass is 9.48. The molecule has 24 heavy (non-hydrogen) atoms. The largest absolute Gasteiger partial charge is 0.463 e. The zero-order chi connectivity index (χ0) is 16.7. The number of Topliss-reactive ketones (excluding diaryl/α,β-unsaturated/α-hetero) is 1. The number of ether oxygens (including phenoxy) is 2. The molecule has 5 rings (SSSR count). The Morgan fingerprint density at radius 2 is 1.79 bits per heavy atom. The molecule has 6 heteroatoms. The second kappa shape index (κ2) is 5.90. The van der Waals surface area contributed by atoms with Crippen molar-refractivity contribution in [2.45, 2.75) is 45.4 Å². The molecule has 0 atom stereocenters. The van der Waals surface area contributed by atoms with E-state index in [-0.39, 0.29) is 30.3 Å². The number of aryl methyl sites for hydroxylation is 1. The summed E-state index contributed by atoms with van der Waals surface area (Å²) in [5, 5.41) is 3.64. The molecule has 0 aliphatic heterocycles. The fraction of sp³-hybridized carbons (Fsp3) is 0.722. The minimum Gasteiger partial charge on any atom is -0.463 e. The van der Waals surface area contributed by atoms with Crippen molar-refractivity contribution in [2.75, 3.05) is 13.2 Å². The molecule has 0 unspecified atom stereocenters. The predicted octanol–water partition coefficient (Wildman–Crippen LogP) is 2.69. The normalized spacial score (nSPS) is 33.5. The molecule has 0 radical (unpaired) electrons. The van der Waals surface area contributed by atoms with Crippen LogP contribution in [0.15, 0.2) is 10.6 Å². The van der Waals surface area contributed by atoms with E-state index in [2.05, 4.69) is 5.16 Å². The maximum absolute atomic E-state index is 12.7. The maximum Gasteiger partial charge on any atom is 0.344 e. The Bertz CT molecular complexity index is 614. The topological polar surface area (TPSA) is 78.6 Å². The number of esters is 1. The summed E-state index contributed by atoms with van der Waals surface area (Å²) in [6.45, 7) is 1.34. The molecule has 4 saturated carbocycles. The molecule has 0 amide bonds. The Kier molecular flexibility index (Phi) is 3.85. The van der Waals surface area contributed by atoms with Gasteiger partial charge >= 0.3 is 5.97 Å². The van der Waals surface area contributed by atoms with Crippen molar-refractivity contribution in [3.63, 3.8) is 0 Å². The molecule has 130 valence electrons. The van der Waals surface area contributed by atoms with Crippen LogP contribution in [-0.2, 0) is 14.3 Å². The van der Waals surface area contributed by atoms with Gasteiger partial charge in [-0.05, 0) is 68.4 Å².